The molecule has 26 heavy (non-hydrogen) atoms. The molecule has 0 radical (unpaired) electrons. The molecule has 1 aromatic carbocycles. The fourth-order valence-electron chi connectivity index (χ4n) is 3.64. The van der Waals surface area contributed by atoms with Crippen molar-refractivity contribution in [2.24, 2.45) is 5.92 Å². The van der Waals surface area contributed by atoms with Gasteiger partial charge in [-0.25, -0.2) is 8.42 Å². The van der Waals surface area contributed by atoms with Crippen LogP contribution in [0.1, 0.15) is 24.8 Å². The van der Waals surface area contributed by atoms with Gasteiger partial charge in [-0.3, -0.25) is 4.79 Å². The van der Waals surface area contributed by atoms with Gasteiger partial charge in [0.25, 0.3) is 0 Å². The highest BCUT2D eigenvalue weighted by Crippen LogP contribution is 2.25. The standard InChI is InChI=1S/C18H24Cl2N2O3S/c19-16-4-3-14(11-17(16)20)12-22(9-8-21-6-1-2-7-21)18(23)15-5-10-26(24,25)13-15/h3-4,11,15H,1-2,5-10,12-13H2. The van der Waals surface area contributed by atoms with E-state index in [-0.39, 0.29) is 17.4 Å². The summed E-state index contributed by atoms with van der Waals surface area (Å²) in [6.07, 6.45) is 2.81. The first-order chi connectivity index (χ1) is 12.3. The largest absolute Gasteiger partial charge is 0.337 e. The van der Waals surface area contributed by atoms with Crippen molar-refractivity contribution in [3.8, 4) is 0 Å². The average molecular weight is 419 g/mol. The Labute approximate surface area is 165 Å². The van der Waals surface area contributed by atoms with E-state index in [1.165, 1.54) is 12.8 Å². The van der Waals surface area contributed by atoms with Crippen molar-refractivity contribution in [2.75, 3.05) is 37.7 Å². The molecule has 0 saturated carbocycles. The van der Waals surface area contributed by atoms with Crippen molar-refractivity contribution in [3.63, 3.8) is 0 Å². The topological polar surface area (TPSA) is 57.7 Å². The van der Waals surface area contributed by atoms with Crippen molar-refractivity contribution in [2.45, 2.75) is 25.8 Å². The molecule has 3 rings (SSSR count). The van der Waals surface area contributed by atoms with E-state index < -0.39 is 15.8 Å². The Hall–Kier alpha value is -0.820. The molecule has 2 aliphatic rings. The molecule has 0 bridgehead atoms. The van der Waals surface area contributed by atoms with Crippen LogP contribution in [-0.4, -0.2) is 61.8 Å². The molecule has 5 nitrogen and oxygen atoms in total. The summed E-state index contributed by atoms with van der Waals surface area (Å²) >= 11 is 12.1. The van der Waals surface area contributed by atoms with Gasteiger partial charge in [-0.1, -0.05) is 29.3 Å². The summed E-state index contributed by atoms with van der Waals surface area (Å²) in [4.78, 5) is 17.1. The number of sulfone groups is 1. The Morgan fingerprint density at radius 1 is 1.19 bits per heavy atom. The third-order valence-electron chi connectivity index (χ3n) is 5.14. The van der Waals surface area contributed by atoms with Crippen molar-refractivity contribution in [1.29, 1.82) is 0 Å². The summed E-state index contributed by atoms with van der Waals surface area (Å²) < 4.78 is 23.5. The third kappa shape index (κ3) is 5.12. The smallest absolute Gasteiger partial charge is 0.227 e. The normalized spacial score (nSPS) is 22.6. The second-order valence-electron chi connectivity index (χ2n) is 7.16. The van der Waals surface area contributed by atoms with E-state index in [1.54, 1.807) is 17.0 Å². The van der Waals surface area contributed by atoms with E-state index in [2.05, 4.69) is 4.90 Å². The molecule has 0 aliphatic carbocycles. The highest BCUT2D eigenvalue weighted by Gasteiger charge is 2.35. The molecular weight excluding hydrogens is 395 g/mol. The summed E-state index contributed by atoms with van der Waals surface area (Å²) in [6.45, 7) is 3.95. The summed E-state index contributed by atoms with van der Waals surface area (Å²) in [6, 6.07) is 5.35. The number of carbonyl (C=O) groups excluding carboxylic acids is 1. The number of halogens is 2. The Morgan fingerprint density at radius 2 is 1.92 bits per heavy atom. The molecule has 8 heteroatoms. The van der Waals surface area contributed by atoms with Gasteiger partial charge in [0, 0.05) is 19.6 Å². The first kappa shape index (κ1) is 19.9. The number of hydrogen-bond acceptors (Lipinski definition) is 4. The third-order valence-corrected chi connectivity index (χ3v) is 7.64. The Bertz CT molecular complexity index is 764. The van der Waals surface area contributed by atoms with E-state index >= 15 is 0 Å². The van der Waals surface area contributed by atoms with Gasteiger partial charge in [-0.2, -0.15) is 0 Å². The highest BCUT2D eigenvalue weighted by molar-refractivity contribution is 7.91. The first-order valence-electron chi connectivity index (χ1n) is 8.99. The lowest BCUT2D eigenvalue weighted by Gasteiger charge is -2.28. The quantitative estimate of drug-likeness (QED) is 0.712. The van der Waals surface area contributed by atoms with E-state index in [1.807, 2.05) is 6.07 Å². The predicted molar refractivity (Wildman–Crippen MR) is 104 cm³/mol. The van der Waals surface area contributed by atoms with Crippen molar-refractivity contribution in [3.05, 3.63) is 33.8 Å². The molecule has 2 heterocycles. The molecule has 0 N–H and O–H groups in total. The number of likely N-dealkylation sites (tertiary alicyclic amines) is 1. The van der Waals surface area contributed by atoms with Gasteiger partial charge in [0.2, 0.25) is 5.91 Å². The monoisotopic (exact) mass is 418 g/mol. The van der Waals surface area contributed by atoms with Crippen LogP contribution in [0.15, 0.2) is 18.2 Å². The molecule has 1 unspecified atom stereocenters. The van der Waals surface area contributed by atoms with Crippen molar-refractivity contribution < 1.29 is 13.2 Å². The number of amides is 1. The fraction of sp³-hybridized carbons (Fsp3) is 0.611. The molecule has 2 fully saturated rings. The maximum Gasteiger partial charge on any atom is 0.227 e. The maximum atomic E-state index is 13.0. The number of hydrogen-bond donors (Lipinski definition) is 0. The summed E-state index contributed by atoms with van der Waals surface area (Å²) in [5.74, 6) is -0.429. The van der Waals surface area contributed by atoms with Crippen molar-refractivity contribution in [1.82, 2.24) is 9.80 Å². The minimum absolute atomic E-state index is 0.0343. The number of benzene rings is 1. The SMILES string of the molecule is O=C(C1CCS(=O)(=O)C1)N(CCN1CCCC1)Cc1ccc(Cl)c(Cl)c1. The maximum absolute atomic E-state index is 13.0. The molecular formula is C18H24Cl2N2O3S. The van der Waals surface area contributed by atoms with Gasteiger partial charge in [0.05, 0.1) is 27.5 Å². The lowest BCUT2D eigenvalue weighted by Crippen LogP contribution is -2.41. The van der Waals surface area contributed by atoms with Crippen LogP contribution in [0.4, 0.5) is 0 Å². The van der Waals surface area contributed by atoms with Crippen molar-refractivity contribution >= 4 is 38.9 Å². The zero-order valence-electron chi connectivity index (χ0n) is 14.7. The Balaban J connectivity index is 1.71. The van der Waals surface area contributed by atoms with Crippen LogP contribution in [0, 0.1) is 5.92 Å². The molecule has 1 atom stereocenters. The highest BCUT2D eigenvalue weighted by atomic mass is 35.5. The summed E-state index contributed by atoms with van der Waals surface area (Å²) in [7, 11) is -3.09. The van der Waals surface area contributed by atoms with E-state index in [9.17, 15) is 13.2 Å². The van der Waals surface area contributed by atoms with Gasteiger partial charge in [0.15, 0.2) is 9.84 Å². The van der Waals surface area contributed by atoms with Crippen LogP contribution in [0.3, 0.4) is 0 Å². The first-order valence-corrected chi connectivity index (χ1v) is 11.6. The van der Waals surface area contributed by atoms with Gasteiger partial charge in [-0.15, -0.1) is 0 Å². The average Bonchev–Trinajstić information content (AvgIpc) is 3.23. The minimum atomic E-state index is -3.09. The number of nitrogens with zero attached hydrogens (tertiary/aromatic N) is 2. The number of carbonyl (C=O) groups is 1. The van der Waals surface area contributed by atoms with Crippen LogP contribution in [-0.2, 0) is 21.2 Å². The van der Waals surface area contributed by atoms with Crippen LogP contribution in [0.5, 0.6) is 0 Å². The van der Waals surface area contributed by atoms with E-state index in [4.69, 9.17) is 23.2 Å². The van der Waals surface area contributed by atoms with E-state index in [0.29, 0.717) is 29.6 Å². The van der Waals surface area contributed by atoms with Crippen LogP contribution in [0.2, 0.25) is 10.0 Å². The zero-order chi connectivity index (χ0) is 18.7. The second-order valence-corrected chi connectivity index (χ2v) is 10.2. The predicted octanol–water partition coefficient (Wildman–Crippen LogP) is 2.85. The molecule has 0 aromatic heterocycles. The number of rotatable bonds is 6. The lowest BCUT2D eigenvalue weighted by atomic mass is 10.1. The van der Waals surface area contributed by atoms with Crippen LogP contribution >= 0.6 is 23.2 Å². The molecule has 0 spiro atoms. The van der Waals surface area contributed by atoms with Gasteiger partial charge in [0.1, 0.15) is 0 Å². The second kappa shape index (κ2) is 8.46. The minimum Gasteiger partial charge on any atom is -0.337 e. The fourth-order valence-corrected chi connectivity index (χ4v) is 5.70. The van der Waals surface area contributed by atoms with Crippen LogP contribution < -0.4 is 0 Å². The van der Waals surface area contributed by atoms with Gasteiger partial charge >= 0.3 is 0 Å². The zero-order valence-corrected chi connectivity index (χ0v) is 17.0. The van der Waals surface area contributed by atoms with E-state index in [0.717, 1.165) is 25.2 Å². The molecule has 144 valence electrons. The molecule has 2 aliphatic heterocycles. The summed E-state index contributed by atoms with van der Waals surface area (Å²) in [5.41, 5.74) is 0.898. The molecule has 2 saturated heterocycles. The lowest BCUT2D eigenvalue weighted by molar-refractivity contribution is -0.135. The van der Waals surface area contributed by atoms with Gasteiger partial charge in [-0.05, 0) is 50.0 Å². The Morgan fingerprint density at radius 3 is 2.54 bits per heavy atom. The van der Waals surface area contributed by atoms with Crippen LogP contribution in [0.25, 0.3) is 0 Å². The Kier molecular flexibility index (Phi) is 6.49. The molecule has 1 aromatic rings. The molecule has 1 amide bonds. The van der Waals surface area contributed by atoms with Gasteiger partial charge < -0.3 is 9.80 Å². The summed E-state index contributed by atoms with van der Waals surface area (Å²) in [5, 5.41) is 0.937.